The van der Waals surface area contributed by atoms with E-state index in [9.17, 15) is 0 Å². The monoisotopic (exact) mass is 209 g/mol. The van der Waals surface area contributed by atoms with Gasteiger partial charge in [-0.15, -0.1) is 0 Å². The fourth-order valence-corrected chi connectivity index (χ4v) is 1.92. The Morgan fingerprint density at radius 2 is 1.80 bits per heavy atom. The highest BCUT2D eigenvalue weighted by Gasteiger charge is 2.09. The van der Waals surface area contributed by atoms with Crippen molar-refractivity contribution in [3.05, 3.63) is 22.9 Å². The van der Waals surface area contributed by atoms with Gasteiger partial charge in [0.1, 0.15) is 0 Å². The van der Waals surface area contributed by atoms with Crippen LogP contribution in [0.15, 0.2) is 22.9 Å². The number of nitrogens with two attached hydrogens (primary N) is 1. The second kappa shape index (κ2) is 7.56. The highest BCUT2D eigenvalue weighted by Crippen LogP contribution is 2.22. The van der Waals surface area contributed by atoms with Gasteiger partial charge in [0.05, 0.1) is 0 Å². The van der Waals surface area contributed by atoms with Crippen molar-refractivity contribution < 1.29 is 0 Å². The molecule has 0 aliphatic heterocycles. The number of hydrogen-bond acceptors (Lipinski definition) is 1. The summed E-state index contributed by atoms with van der Waals surface area (Å²) in [6.45, 7) is 10.9. The third-order valence-electron chi connectivity index (χ3n) is 2.92. The molecule has 0 aliphatic carbocycles. The molecule has 1 atom stereocenters. The first-order valence-corrected chi connectivity index (χ1v) is 6.13. The molecule has 0 bridgehead atoms. The van der Waals surface area contributed by atoms with Crippen molar-refractivity contribution in [1.82, 2.24) is 0 Å². The minimum absolute atomic E-state index is 0.630. The molecule has 1 nitrogen and oxygen atoms in total. The molecule has 15 heavy (non-hydrogen) atoms. The molecule has 0 amide bonds. The number of allylic oxidation sites excluding steroid dienone is 4. The second-order valence-electron chi connectivity index (χ2n) is 4.52. The van der Waals surface area contributed by atoms with Gasteiger partial charge >= 0.3 is 0 Å². The molecule has 2 N–H and O–H groups in total. The zero-order valence-electron chi connectivity index (χ0n) is 11.1. The average Bonchev–Trinajstić information content (AvgIpc) is 2.18. The fraction of sp³-hybridized carbons (Fsp3) is 0.714. The van der Waals surface area contributed by atoms with Crippen LogP contribution in [0.1, 0.15) is 60.3 Å². The van der Waals surface area contributed by atoms with Crippen LogP contribution in [0.2, 0.25) is 0 Å². The van der Waals surface area contributed by atoms with Gasteiger partial charge < -0.3 is 5.73 Å². The zero-order valence-corrected chi connectivity index (χ0v) is 11.1. The summed E-state index contributed by atoms with van der Waals surface area (Å²) in [4.78, 5) is 0. The predicted molar refractivity (Wildman–Crippen MR) is 69.6 cm³/mol. The van der Waals surface area contributed by atoms with E-state index in [-0.39, 0.29) is 0 Å². The standard InChI is InChI=1S/C14H27N/c1-6-13(14(15)7-2)12(5)10-8-9-11(3)4/h9,12H,6-8,10,15H2,1-5H3/b14-13+/t12-/m1/s1. The van der Waals surface area contributed by atoms with Gasteiger partial charge in [0.2, 0.25) is 0 Å². The van der Waals surface area contributed by atoms with Crippen LogP contribution in [0.4, 0.5) is 0 Å². The van der Waals surface area contributed by atoms with Crippen molar-refractivity contribution >= 4 is 0 Å². The van der Waals surface area contributed by atoms with Gasteiger partial charge in [-0.1, -0.05) is 32.4 Å². The summed E-state index contributed by atoms with van der Waals surface area (Å²) in [5.74, 6) is 0.630. The molecule has 0 rings (SSSR count). The molecule has 0 unspecified atom stereocenters. The number of rotatable bonds is 6. The summed E-state index contributed by atoms with van der Waals surface area (Å²) in [5, 5.41) is 0. The Balaban J connectivity index is 4.29. The fourth-order valence-electron chi connectivity index (χ4n) is 1.92. The molecule has 0 saturated heterocycles. The topological polar surface area (TPSA) is 26.0 Å². The van der Waals surface area contributed by atoms with Gasteiger partial charge in [0.25, 0.3) is 0 Å². The van der Waals surface area contributed by atoms with E-state index in [1.807, 2.05) is 0 Å². The molecule has 0 aromatic carbocycles. The van der Waals surface area contributed by atoms with E-state index in [4.69, 9.17) is 5.73 Å². The van der Waals surface area contributed by atoms with Gasteiger partial charge in [-0.05, 0) is 51.0 Å². The summed E-state index contributed by atoms with van der Waals surface area (Å²) in [6, 6.07) is 0. The first-order valence-electron chi connectivity index (χ1n) is 6.13. The Kier molecular flexibility index (Phi) is 7.19. The summed E-state index contributed by atoms with van der Waals surface area (Å²) in [5.41, 5.74) is 9.99. The van der Waals surface area contributed by atoms with Crippen molar-refractivity contribution in [3.8, 4) is 0 Å². The smallest absolute Gasteiger partial charge is 0.00722 e. The summed E-state index contributed by atoms with van der Waals surface area (Å²) in [6.07, 6.45) is 6.77. The Labute approximate surface area is 95.4 Å². The zero-order chi connectivity index (χ0) is 11.8. The molecule has 0 fully saturated rings. The lowest BCUT2D eigenvalue weighted by Crippen LogP contribution is -2.08. The van der Waals surface area contributed by atoms with Crippen LogP contribution in [0, 0.1) is 5.92 Å². The highest BCUT2D eigenvalue weighted by atomic mass is 14.6. The average molecular weight is 209 g/mol. The maximum absolute atomic E-state index is 6.02. The van der Waals surface area contributed by atoms with E-state index in [1.165, 1.54) is 24.0 Å². The largest absolute Gasteiger partial charge is 0.402 e. The van der Waals surface area contributed by atoms with Gasteiger partial charge in [-0.25, -0.2) is 0 Å². The lowest BCUT2D eigenvalue weighted by atomic mass is 9.91. The first-order chi connectivity index (χ1) is 7.02. The minimum Gasteiger partial charge on any atom is -0.402 e. The van der Waals surface area contributed by atoms with Crippen LogP contribution in [0.25, 0.3) is 0 Å². The lowest BCUT2D eigenvalue weighted by molar-refractivity contribution is 0.591. The van der Waals surface area contributed by atoms with Crippen molar-refractivity contribution in [2.45, 2.75) is 60.3 Å². The van der Waals surface area contributed by atoms with Crippen molar-refractivity contribution in [1.29, 1.82) is 0 Å². The molecule has 0 spiro atoms. The molecule has 0 aromatic rings. The lowest BCUT2D eigenvalue weighted by Gasteiger charge is -2.16. The first kappa shape index (κ1) is 14.3. The van der Waals surface area contributed by atoms with E-state index in [0.29, 0.717) is 5.92 Å². The minimum atomic E-state index is 0.630. The van der Waals surface area contributed by atoms with Crippen LogP contribution in [-0.4, -0.2) is 0 Å². The van der Waals surface area contributed by atoms with Crippen LogP contribution in [0.5, 0.6) is 0 Å². The van der Waals surface area contributed by atoms with Gasteiger partial charge in [0.15, 0.2) is 0 Å². The molecule has 88 valence electrons. The Morgan fingerprint density at radius 1 is 1.20 bits per heavy atom. The third-order valence-corrected chi connectivity index (χ3v) is 2.92. The molecule has 0 heterocycles. The third kappa shape index (κ3) is 5.66. The molecule has 0 saturated carbocycles. The van der Waals surface area contributed by atoms with Gasteiger partial charge in [-0.3, -0.25) is 0 Å². The van der Waals surface area contributed by atoms with E-state index in [1.54, 1.807) is 0 Å². The summed E-state index contributed by atoms with van der Waals surface area (Å²) < 4.78 is 0. The second-order valence-corrected chi connectivity index (χ2v) is 4.52. The molecule has 1 heteroatoms. The summed E-state index contributed by atoms with van der Waals surface area (Å²) >= 11 is 0. The normalized spacial score (nSPS) is 14.5. The van der Waals surface area contributed by atoms with E-state index in [0.717, 1.165) is 18.5 Å². The maximum Gasteiger partial charge on any atom is 0.00722 e. The molecule has 0 aromatic heterocycles. The van der Waals surface area contributed by atoms with Crippen LogP contribution >= 0.6 is 0 Å². The molecule has 0 aliphatic rings. The van der Waals surface area contributed by atoms with Crippen LogP contribution < -0.4 is 5.73 Å². The predicted octanol–water partition coefficient (Wildman–Crippen LogP) is 4.40. The Bertz CT molecular complexity index is 232. The van der Waals surface area contributed by atoms with E-state index >= 15 is 0 Å². The molecular weight excluding hydrogens is 182 g/mol. The van der Waals surface area contributed by atoms with Crippen molar-refractivity contribution in [2.24, 2.45) is 11.7 Å². The van der Waals surface area contributed by atoms with Crippen LogP contribution in [-0.2, 0) is 0 Å². The van der Waals surface area contributed by atoms with E-state index < -0.39 is 0 Å². The van der Waals surface area contributed by atoms with Gasteiger partial charge in [-0.2, -0.15) is 0 Å². The Hall–Kier alpha value is -0.720. The van der Waals surface area contributed by atoms with Crippen LogP contribution in [0.3, 0.4) is 0 Å². The van der Waals surface area contributed by atoms with E-state index in [2.05, 4.69) is 40.7 Å². The van der Waals surface area contributed by atoms with Crippen molar-refractivity contribution in [2.75, 3.05) is 0 Å². The quantitative estimate of drug-likeness (QED) is 0.645. The van der Waals surface area contributed by atoms with Crippen molar-refractivity contribution in [3.63, 3.8) is 0 Å². The molecular formula is C14H27N. The van der Waals surface area contributed by atoms with Gasteiger partial charge in [0, 0.05) is 5.70 Å². The SMILES string of the molecule is CC/C(N)=C(/CC)[C@H](C)CCC=C(C)C. The molecule has 0 radical (unpaired) electrons. The number of hydrogen-bond donors (Lipinski definition) is 1. The maximum atomic E-state index is 6.02. The summed E-state index contributed by atoms with van der Waals surface area (Å²) in [7, 11) is 0. The highest BCUT2D eigenvalue weighted by molar-refractivity contribution is 5.13. The Morgan fingerprint density at radius 3 is 2.20 bits per heavy atom.